The zero-order chi connectivity index (χ0) is 18.5. The van der Waals surface area contributed by atoms with Gasteiger partial charge in [0.1, 0.15) is 6.10 Å². The van der Waals surface area contributed by atoms with Gasteiger partial charge in [-0.1, -0.05) is 23.2 Å². The van der Waals surface area contributed by atoms with Gasteiger partial charge in [0.2, 0.25) is 0 Å². The molecule has 1 saturated heterocycles. The minimum atomic E-state index is -0.500. The van der Waals surface area contributed by atoms with E-state index < -0.39 is 6.03 Å². The molecule has 0 bridgehead atoms. The van der Waals surface area contributed by atoms with E-state index in [1.54, 1.807) is 25.3 Å². The first-order chi connectivity index (χ1) is 12.6. The van der Waals surface area contributed by atoms with E-state index in [0.29, 0.717) is 30.4 Å². The van der Waals surface area contributed by atoms with E-state index >= 15 is 0 Å². The number of methoxy groups -OCH3 is 1. The molecule has 1 aromatic carbocycles. The van der Waals surface area contributed by atoms with Gasteiger partial charge >= 0.3 is 6.03 Å². The van der Waals surface area contributed by atoms with Crippen LogP contribution in [0.4, 0.5) is 16.2 Å². The lowest BCUT2D eigenvalue weighted by Gasteiger charge is -2.16. The Balaban J connectivity index is 1.71. The molecule has 2 heterocycles. The van der Waals surface area contributed by atoms with Gasteiger partial charge in [-0.25, -0.2) is 4.79 Å². The molecule has 7 nitrogen and oxygen atoms in total. The molecule has 1 fully saturated rings. The van der Waals surface area contributed by atoms with Crippen LogP contribution in [0.5, 0.6) is 11.5 Å². The summed E-state index contributed by atoms with van der Waals surface area (Å²) in [5, 5.41) is 5.80. The summed E-state index contributed by atoms with van der Waals surface area (Å²) in [6.07, 6.45) is 3.56. The van der Waals surface area contributed by atoms with Gasteiger partial charge in [-0.3, -0.25) is 4.98 Å². The first-order valence-corrected chi connectivity index (χ1v) is 8.62. The summed E-state index contributed by atoms with van der Waals surface area (Å²) in [6, 6.07) is 4.60. The third-order valence-electron chi connectivity index (χ3n) is 3.69. The topological polar surface area (TPSA) is 81.7 Å². The molecule has 138 valence electrons. The SMILES string of the molecule is COc1ccc(NC(=O)Nc2c(Cl)cncc2Cl)cc1OC1CCOC1. The van der Waals surface area contributed by atoms with Crippen LogP contribution in [-0.2, 0) is 4.74 Å². The Bertz CT molecular complexity index is 777. The summed E-state index contributed by atoms with van der Waals surface area (Å²) >= 11 is 12.0. The van der Waals surface area contributed by atoms with Gasteiger partial charge in [0.25, 0.3) is 0 Å². The van der Waals surface area contributed by atoms with Crippen molar-refractivity contribution in [1.29, 1.82) is 0 Å². The van der Waals surface area contributed by atoms with Crippen LogP contribution in [0.2, 0.25) is 10.0 Å². The Morgan fingerprint density at radius 2 is 2.00 bits per heavy atom. The van der Waals surface area contributed by atoms with Gasteiger partial charge in [-0.15, -0.1) is 0 Å². The highest BCUT2D eigenvalue weighted by atomic mass is 35.5. The van der Waals surface area contributed by atoms with Gasteiger partial charge < -0.3 is 24.8 Å². The van der Waals surface area contributed by atoms with Crippen molar-refractivity contribution in [2.75, 3.05) is 31.0 Å². The number of pyridine rings is 1. The van der Waals surface area contributed by atoms with E-state index in [4.69, 9.17) is 37.4 Å². The predicted octanol–water partition coefficient (Wildman–Crippen LogP) is 4.21. The Hall–Kier alpha value is -2.22. The monoisotopic (exact) mass is 397 g/mol. The van der Waals surface area contributed by atoms with Crippen molar-refractivity contribution in [3.05, 3.63) is 40.6 Å². The van der Waals surface area contributed by atoms with Crippen molar-refractivity contribution in [3.63, 3.8) is 0 Å². The van der Waals surface area contributed by atoms with Crippen molar-refractivity contribution >= 4 is 40.6 Å². The van der Waals surface area contributed by atoms with Gasteiger partial charge in [0, 0.05) is 30.6 Å². The molecule has 2 N–H and O–H groups in total. The largest absolute Gasteiger partial charge is 0.493 e. The summed E-state index contributed by atoms with van der Waals surface area (Å²) < 4.78 is 16.5. The molecule has 0 saturated carbocycles. The molecule has 3 rings (SSSR count). The maximum absolute atomic E-state index is 12.2. The maximum atomic E-state index is 12.2. The standard InChI is InChI=1S/C17H17Cl2N3O4/c1-24-14-3-2-10(6-15(14)26-11-4-5-25-9-11)21-17(23)22-16-12(18)7-20-8-13(16)19/h2-3,6-8,11H,4-5,9H2,1H3,(H2,20,21,22,23). The number of hydrogen-bond acceptors (Lipinski definition) is 5. The fourth-order valence-electron chi connectivity index (χ4n) is 2.44. The number of benzene rings is 1. The van der Waals surface area contributed by atoms with Gasteiger partial charge in [-0.2, -0.15) is 0 Å². The van der Waals surface area contributed by atoms with E-state index in [1.165, 1.54) is 12.4 Å². The minimum absolute atomic E-state index is 0.0394. The second kappa shape index (κ2) is 8.44. The molecule has 26 heavy (non-hydrogen) atoms. The van der Waals surface area contributed by atoms with Crippen molar-refractivity contribution in [2.24, 2.45) is 0 Å². The number of urea groups is 1. The third kappa shape index (κ3) is 4.49. The van der Waals surface area contributed by atoms with Crippen LogP contribution in [-0.4, -0.2) is 37.4 Å². The van der Waals surface area contributed by atoms with E-state index in [2.05, 4.69) is 15.6 Å². The molecular weight excluding hydrogens is 381 g/mol. The van der Waals surface area contributed by atoms with Crippen molar-refractivity contribution in [2.45, 2.75) is 12.5 Å². The molecule has 1 aromatic heterocycles. The van der Waals surface area contributed by atoms with Crippen LogP contribution in [0.3, 0.4) is 0 Å². The fraction of sp³-hybridized carbons (Fsp3) is 0.294. The fourth-order valence-corrected chi connectivity index (χ4v) is 2.90. The zero-order valence-corrected chi connectivity index (χ0v) is 15.4. The van der Waals surface area contributed by atoms with Crippen LogP contribution >= 0.6 is 23.2 Å². The molecule has 1 aliphatic heterocycles. The number of ether oxygens (including phenoxy) is 3. The van der Waals surface area contributed by atoms with Crippen LogP contribution in [0.1, 0.15) is 6.42 Å². The molecule has 1 unspecified atom stereocenters. The zero-order valence-electron chi connectivity index (χ0n) is 13.9. The number of anilines is 2. The summed E-state index contributed by atoms with van der Waals surface area (Å²) in [6.45, 7) is 1.20. The average Bonchev–Trinajstić information content (AvgIpc) is 3.12. The number of hydrogen-bond donors (Lipinski definition) is 2. The number of nitrogens with one attached hydrogen (secondary N) is 2. The lowest BCUT2D eigenvalue weighted by molar-refractivity contribution is 0.139. The molecule has 0 aliphatic carbocycles. The van der Waals surface area contributed by atoms with Gasteiger partial charge in [0.15, 0.2) is 11.5 Å². The normalized spacial score (nSPS) is 16.2. The van der Waals surface area contributed by atoms with Crippen LogP contribution in [0.25, 0.3) is 0 Å². The second-order valence-electron chi connectivity index (χ2n) is 5.53. The minimum Gasteiger partial charge on any atom is -0.493 e. The highest BCUT2D eigenvalue weighted by Crippen LogP contribution is 2.33. The predicted molar refractivity (Wildman–Crippen MR) is 99.7 cm³/mol. The Kier molecular flexibility index (Phi) is 6.03. The lowest BCUT2D eigenvalue weighted by Crippen LogP contribution is -2.20. The molecule has 1 atom stereocenters. The quantitative estimate of drug-likeness (QED) is 0.789. The number of nitrogens with zero attached hydrogens (tertiary/aromatic N) is 1. The Labute approximate surface area is 160 Å². The number of carbonyl (C=O) groups is 1. The average molecular weight is 398 g/mol. The van der Waals surface area contributed by atoms with Gasteiger partial charge in [-0.05, 0) is 12.1 Å². The second-order valence-corrected chi connectivity index (χ2v) is 6.34. The molecular formula is C17H17Cl2N3O4. The number of carbonyl (C=O) groups excluding carboxylic acids is 1. The van der Waals surface area contributed by atoms with Crippen molar-refractivity contribution < 1.29 is 19.0 Å². The summed E-state index contributed by atoms with van der Waals surface area (Å²) in [5.74, 6) is 1.10. The van der Waals surface area contributed by atoms with E-state index in [9.17, 15) is 4.79 Å². The third-order valence-corrected chi connectivity index (χ3v) is 4.27. The van der Waals surface area contributed by atoms with Crippen LogP contribution < -0.4 is 20.1 Å². The highest BCUT2D eigenvalue weighted by molar-refractivity contribution is 6.39. The number of amides is 2. The Morgan fingerprint density at radius 3 is 2.65 bits per heavy atom. The van der Waals surface area contributed by atoms with Crippen LogP contribution in [0, 0.1) is 0 Å². The molecule has 1 aliphatic rings. The first kappa shape index (κ1) is 18.6. The first-order valence-electron chi connectivity index (χ1n) is 7.86. The molecule has 2 aromatic rings. The lowest BCUT2D eigenvalue weighted by atomic mass is 10.2. The summed E-state index contributed by atoms with van der Waals surface area (Å²) in [7, 11) is 1.56. The van der Waals surface area contributed by atoms with E-state index in [0.717, 1.165) is 6.42 Å². The molecule has 0 radical (unpaired) electrons. The van der Waals surface area contributed by atoms with Crippen LogP contribution in [0.15, 0.2) is 30.6 Å². The smallest absolute Gasteiger partial charge is 0.323 e. The molecule has 0 spiro atoms. The maximum Gasteiger partial charge on any atom is 0.323 e. The van der Waals surface area contributed by atoms with Crippen molar-refractivity contribution in [3.8, 4) is 11.5 Å². The highest BCUT2D eigenvalue weighted by Gasteiger charge is 2.19. The number of rotatable bonds is 5. The molecule has 9 heteroatoms. The molecule has 2 amide bonds. The van der Waals surface area contributed by atoms with E-state index in [-0.39, 0.29) is 21.8 Å². The van der Waals surface area contributed by atoms with Gasteiger partial charge in [0.05, 0.1) is 36.1 Å². The van der Waals surface area contributed by atoms with E-state index in [1.807, 2.05) is 0 Å². The summed E-state index contributed by atoms with van der Waals surface area (Å²) in [5.41, 5.74) is 0.812. The van der Waals surface area contributed by atoms with Crippen molar-refractivity contribution in [1.82, 2.24) is 4.98 Å². The number of halogens is 2. The Morgan fingerprint density at radius 1 is 1.23 bits per heavy atom. The number of aromatic nitrogens is 1. The summed E-state index contributed by atoms with van der Waals surface area (Å²) in [4.78, 5) is 16.1.